The molecule has 0 saturated heterocycles. The number of carbonyl (C=O) groups excluding carboxylic acids is 2. The van der Waals surface area contributed by atoms with Crippen LogP contribution >= 0.6 is 0 Å². The standard InChI is InChI=1S/C28H33N3O7/c1-18(32)26(38-24-14-12-23(33)13-15-24)29-17-16-25(19-4-8-21(9-5-19)30-27(34)36-2)20-6-10-22(11-7-20)31-28(35)37-3/h4-15,18,25-26,29,32-33H,16-17H2,1-3H3,(H,30,34)(H,31,35). The van der Waals surface area contributed by atoms with Crippen molar-refractivity contribution < 1.29 is 34.0 Å². The number of amides is 2. The number of phenolic OH excluding ortho intramolecular Hbond substituents is 1. The van der Waals surface area contributed by atoms with Gasteiger partial charge in [0.05, 0.1) is 14.2 Å². The van der Waals surface area contributed by atoms with E-state index in [0.29, 0.717) is 30.1 Å². The summed E-state index contributed by atoms with van der Waals surface area (Å²) >= 11 is 0. The van der Waals surface area contributed by atoms with Crippen LogP contribution in [0.2, 0.25) is 0 Å². The van der Waals surface area contributed by atoms with Crippen molar-refractivity contribution in [1.82, 2.24) is 5.32 Å². The molecule has 0 fully saturated rings. The van der Waals surface area contributed by atoms with Gasteiger partial charge in [0.2, 0.25) is 0 Å². The minimum Gasteiger partial charge on any atom is -0.508 e. The summed E-state index contributed by atoms with van der Waals surface area (Å²) in [4.78, 5) is 23.1. The largest absolute Gasteiger partial charge is 0.508 e. The molecule has 2 amide bonds. The van der Waals surface area contributed by atoms with Crippen LogP contribution in [0.1, 0.15) is 30.4 Å². The molecule has 202 valence electrons. The lowest BCUT2D eigenvalue weighted by Crippen LogP contribution is -2.43. The highest BCUT2D eigenvalue weighted by atomic mass is 16.5. The number of carbonyl (C=O) groups is 2. The Morgan fingerprint density at radius 1 is 0.789 bits per heavy atom. The first-order chi connectivity index (χ1) is 18.3. The van der Waals surface area contributed by atoms with Crippen molar-refractivity contribution in [1.29, 1.82) is 0 Å². The van der Waals surface area contributed by atoms with Crippen LogP contribution in [0.5, 0.6) is 11.5 Å². The van der Waals surface area contributed by atoms with Gasteiger partial charge in [-0.15, -0.1) is 0 Å². The molecule has 0 spiro atoms. The molecule has 3 aromatic rings. The highest BCUT2D eigenvalue weighted by Gasteiger charge is 2.19. The fourth-order valence-corrected chi connectivity index (χ4v) is 3.81. The summed E-state index contributed by atoms with van der Waals surface area (Å²) in [6.07, 6.45) is -1.92. The third-order valence-electron chi connectivity index (χ3n) is 5.81. The number of hydrogen-bond acceptors (Lipinski definition) is 8. The molecule has 0 saturated carbocycles. The van der Waals surface area contributed by atoms with Crippen LogP contribution in [0.3, 0.4) is 0 Å². The smallest absolute Gasteiger partial charge is 0.411 e. The Morgan fingerprint density at radius 2 is 1.26 bits per heavy atom. The van der Waals surface area contributed by atoms with Crippen LogP contribution < -0.4 is 20.7 Å². The number of aromatic hydroxyl groups is 1. The predicted octanol–water partition coefficient (Wildman–Crippen LogP) is 4.65. The Hall–Kier alpha value is -4.28. The van der Waals surface area contributed by atoms with E-state index in [1.807, 2.05) is 24.3 Å². The molecule has 10 heteroatoms. The van der Waals surface area contributed by atoms with E-state index in [9.17, 15) is 19.8 Å². The molecule has 0 radical (unpaired) electrons. The average molecular weight is 524 g/mol. The number of rotatable bonds is 11. The first-order valence-corrected chi connectivity index (χ1v) is 12.1. The Kier molecular flexibility index (Phi) is 10.3. The molecule has 2 unspecified atom stereocenters. The molecule has 10 nitrogen and oxygen atoms in total. The maximum absolute atomic E-state index is 11.5. The van der Waals surface area contributed by atoms with Gasteiger partial charge in [0, 0.05) is 17.3 Å². The Morgan fingerprint density at radius 3 is 1.68 bits per heavy atom. The SMILES string of the molecule is COC(=O)Nc1ccc(C(CCNC(Oc2ccc(O)cc2)C(C)O)c2ccc(NC(=O)OC)cc2)cc1. The number of ether oxygens (including phenoxy) is 3. The van der Waals surface area contributed by atoms with Crippen molar-refractivity contribution >= 4 is 23.6 Å². The molecule has 0 aliphatic rings. The second kappa shape index (κ2) is 13.9. The van der Waals surface area contributed by atoms with Crippen molar-refractivity contribution in [2.24, 2.45) is 0 Å². The summed E-state index contributed by atoms with van der Waals surface area (Å²) in [5.41, 5.74) is 3.21. The van der Waals surface area contributed by atoms with Crippen LogP contribution in [0.15, 0.2) is 72.8 Å². The highest BCUT2D eigenvalue weighted by molar-refractivity contribution is 5.85. The van der Waals surface area contributed by atoms with E-state index in [-0.39, 0.29) is 11.7 Å². The van der Waals surface area contributed by atoms with E-state index < -0.39 is 24.5 Å². The lowest BCUT2D eigenvalue weighted by atomic mass is 9.88. The van der Waals surface area contributed by atoms with Gasteiger partial charge in [-0.1, -0.05) is 24.3 Å². The molecule has 0 aliphatic heterocycles. The van der Waals surface area contributed by atoms with Crippen LogP contribution in [0, 0.1) is 0 Å². The summed E-state index contributed by atoms with van der Waals surface area (Å²) in [6.45, 7) is 2.14. The van der Waals surface area contributed by atoms with E-state index >= 15 is 0 Å². The van der Waals surface area contributed by atoms with Gasteiger partial charge < -0.3 is 24.4 Å². The zero-order valence-electron chi connectivity index (χ0n) is 21.5. The van der Waals surface area contributed by atoms with Crippen molar-refractivity contribution in [2.45, 2.75) is 31.6 Å². The van der Waals surface area contributed by atoms with Gasteiger partial charge >= 0.3 is 12.2 Å². The van der Waals surface area contributed by atoms with Crippen molar-refractivity contribution in [3.8, 4) is 11.5 Å². The van der Waals surface area contributed by atoms with Crippen LogP contribution in [-0.2, 0) is 9.47 Å². The summed E-state index contributed by atoms with van der Waals surface area (Å²) in [5.74, 6) is 0.590. The Labute approximate surface area is 221 Å². The second-order valence-corrected chi connectivity index (χ2v) is 8.55. The number of nitrogens with one attached hydrogen (secondary N) is 3. The maximum Gasteiger partial charge on any atom is 0.411 e. The Balaban J connectivity index is 1.75. The summed E-state index contributed by atoms with van der Waals surface area (Å²) < 4.78 is 15.2. The lowest BCUT2D eigenvalue weighted by molar-refractivity contribution is 0.0268. The molecule has 3 rings (SSSR count). The van der Waals surface area contributed by atoms with E-state index in [0.717, 1.165) is 11.1 Å². The molecular formula is C28H33N3O7. The van der Waals surface area contributed by atoms with Gasteiger partial charge in [0.15, 0.2) is 6.23 Å². The van der Waals surface area contributed by atoms with E-state index in [4.69, 9.17) is 4.74 Å². The topological polar surface area (TPSA) is 138 Å². The van der Waals surface area contributed by atoms with E-state index in [1.54, 1.807) is 43.3 Å². The number of phenols is 1. The van der Waals surface area contributed by atoms with E-state index in [2.05, 4.69) is 25.4 Å². The lowest BCUT2D eigenvalue weighted by Gasteiger charge is -2.25. The number of benzene rings is 3. The normalized spacial score (nSPS) is 12.3. The first kappa shape index (κ1) is 28.3. The van der Waals surface area contributed by atoms with Crippen LogP contribution in [0.4, 0.5) is 21.0 Å². The fourth-order valence-electron chi connectivity index (χ4n) is 3.81. The minimum atomic E-state index is -0.797. The third kappa shape index (κ3) is 8.39. The number of aliphatic hydroxyl groups excluding tert-OH is 1. The zero-order chi connectivity index (χ0) is 27.5. The number of methoxy groups -OCH3 is 2. The quantitative estimate of drug-likeness (QED) is 0.229. The molecule has 2 atom stereocenters. The molecule has 0 aromatic heterocycles. The maximum atomic E-state index is 11.5. The van der Waals surface area contributed by atoms with Crippen molar-refractivity contribution in [3.05, 3.63) is 83.9 Å². The summed E-state index contributed by atoms with van der Waals surface area (Å²) in [6, 6.07) is 21.2. The summed E-state index contributed by atoms with van der Waals surface area (Å²) in [5, 5.41) is 28.3. The van der Waals surface area contributed by atoms with Crippen molar-refractivity contribution in [2.75, 3.05) is 31.4 Å². The molecule has 38 heavy (non-hydrogen) atoms. The van der Waals surface area contributed by atoms with Gasteiger partial charge in [-0.3, -0.25) is 16.0 Å². The van der Waals surface area contributed by atoms with Crippen LogP contribution in [-0.4, -0.2) is 55.5 Å². The molecular weight excluding hydrogens is 490 g/mol. The van der Waals surface area contributed by atoms with Gasteiger partial charge in [0.25, 0.3) is 0 Å². The van der Waals surface area contributed by atoms with Gasteiger partial charge in [-0.2, -0.15) is 0 Å². The number of hydrogen-bond donors (Lipinski definition) is 5. The third-order valence-corrected chi connectivity index (χ3v) is 5.81. The van der Waals surface area contributed by atoms with Gasteiger partial charge in [-0.05, 0) is 79.5 Å². The molecule has 0 aliphatic carbocycles. The van der Waals surface area contributed by atoms with Crippen molar-refractivity contribution in [3.63, 3.8) is 0 Å². The molecule has 5 N–H and O–H groups in total. The van der Waals surface area contributed by atoms with E-state index in [1.165, 1.54) is 26.4 Å². The predicted molar refractivity (Wildman–Crippen MR) is 144 cm³/mol. The average Bonchev–Trinajstić information content (AvgIpc) is 2.92. The number of anilines is 2. The Bertz CT molecular complexity index is 1110. The molecule has 0 bridgehead atoms. The fraction of sp³-hybridized carbons (Fsp3) is 0.286. The van der Waals surface area contributed by atoms with Crippen LogP contribution in [0.25, 0.3) is 0 Å². The van der Waals surface area contributed by atoms with Gasteiger partial charge in [0.1, 0.15) is 17.6 Å². The highest BCUT2D eigenvalue weighted by Crippen LogP contribution is 2.30. The second-order valence-electron chi connectivity index (χ2n) is 8.55. The van der Waals surface area contributed by atoms with Gasteiger partial charge in [-0.25, -0.2) is 9.59 Å². The minimum absolute atomic E-state index is 0.0508. The number of aliphatic hydroxyl groups is 1. The molecule has 0 heterocycles. The first-order valence-electron chi connectivity index (χ1n) is 12.1. The summed E-state index contributed by atoms with van der Waals surface area (Å²) in [7, 11) is 2.61. The molecule has 3 aromatic carbocycles. The zero-order valence-corrected chi connectivity index (χ0v) is 21.5. The monoisotopic (exact) mass is 523 g/mol.